The zero-order valence-corrected chi connectivity index (χ0v) is 10.8. The van der Waals surface area contributed by atoms with Gasteiger partial charge in [-0.3, -0.25) is 5.41 Å². The molecule has 1 aromatic rings. The highest BCUT2D eigenvalue weighted by molar-refractivity contribution is 6.09. The van der Waals surface area contributed by atoms with Crippen LogP contribution in [0.3, 0.4) is 0 Å². The van der Waals surface area contributed by atoms with Crippen LogP contribution in [0, 0.1) is 5.41 Å². The molecule has 5 nitrogen and oxygen atoms in total. The molecule has 0 saturated heterocycles. The van der Waals surface area contributed by atoms with E-state index in [4.69, 9.17) is 11.1 Å². The van der Waals surface area contributed by atoms with Crippen LogP contribution in [0.25, 0.3) is 0 Å². The zero-order valence-electron chi connectivity index (χ0n) is 10.8. The highest BCUT2D eigenvalue weighted by Gasteiger charge is 2.38. The van der Waals surface area contributed by atoms with Crippen LogP contribution in [0.5, 0.6) is 0 Å². The zero-order chi connectivity index (χ0) is 14.8. The van der Waals surface area contributed by atoms with Crippen molar-refractivity contribution >= 4 is 17.3 Å². The van der Waals surface area contributed by atoms with E-state index in [1.165, 1.54) is 0 Å². The van der Waals surface area contributed by atoms with Crippen LogP contribution in [0.2, 0.25) is 0 Å². The standard InChI is InChI=1S/C12H16F3N5/c13-12(14,15)9(16)8-10(17)18-6-19-11(8)20-7-4-2-1-3-5-7/h6-7,16H,1-5H2,(H3,17,18,19,20). The molecule has 2 rings (SSSR count). The van der Waals surface area contributed by atoms with E-state index < -0.39 is 17.5 Å². The van der Waals surface area contributed by atoms with Gasteiger partial charge in [-0.1, -0.05) is 19.3 Å². The van der Waals surface area contributed by atoms with Crippen LogP contribution in [-0.2, 0) is 0 Å². The Bertz CT molecular complexity index is 494. The fourth-order valence-electron chi connectivity index (χ4n) is 2.34. The van der Waals surface area contributed by atoms with E-state index in [1.54, 1.807) is 0 Å². The lowest BCUT2D eigenvalue weighted by Gasteiger charge is -2.24. The van der Waals surface area contributed by atoms with Crippen LogP contribution in [-0.4, -0.2) is 27.9 Å². The molecule has 0 aromatic carbocycles. The third-order valence-corrected chi connectivity index (χ3v) is 3.36. The minimum absolute atomic E-state index is 0.00766. The van der Waals surface area contributed by atoms with Gasteiger partial charge in [-0.2, -0.15) is 13.2 Å². The largest absolute Gasteiger partial charge is 0.433 e. The van der Waals surface area contributed by atoms with Crippen LogP contribution in [0.4, 0.5) is 24.8 Å². The van der Waals surface area contributed by atoms with Gasteiger partial charge in [0.2, 0.25) is 0 Å². The Labute approximate surface area is 114 Å². The van der Waals surface area contributed by atoms with E-state index in [0.717, 1.165) is 38.4 Å². The van der Waals surface area contributed by atoms with E-state index in [0.29, 0.717) is 0 Å². The summed E-state index contributed by atoms with van der Waals surface area (Å²) < 4.78 is 38.1. The smallest absolute Gasteiger partial charge is 0.383 e. The number of aromatic nitrogens is 2. The lowest BCUT2D eigenvalue weighted by atomic mass is 9.95. The van der Waals surface area contributed by atoms with Crippen molar-refractivity contribution in [3.63, 3.8) is 0 Å². The highest BCUT2D eigenvalue weighted by atomic mass is 19.4. The van der Waals surface area contributed by atoms with Gasteiger partial charge in [-0.05, 0) is 12.8 Å². The number of halogens is 3. The van der Waals surface area contributed by atoms with Crippen molar-refractivity contribution in [2.45, 2.75) is 44.3 Å². The highest BCUT2D eigenvalue weighted by Crippen LogP contribution is 2.29. The maximum absolute atomic E-state index is 12.7. The van der Waals surface area contributed by atoms with Gasteiger partial charge >= 0.3 is 6.18 Å². The SMILES string of the molecule is N=C(c1c(N)ncnc1NC1CCCCC1)C(F)(F)F. The second-order valence-electron chi connectivity index (χ2n) is 4.83. The Morgan fingerprint density at radius 1 is 1.25 bits per heavy atom. The number of alkyl halides is 3. The number of nitrogens with two attached hydrogens (primary N) is 1. The Balaban J connectivity index is 2.28. The first-order chi connectivity index (χ1) is 9.39. The van der Waals surface area contributed by atoms with Gasteiger partial charge in [0, 0.05) is 6.04 Å². The van der Waals surface area contributed by atoms with Crippen molar-refractivity contribution in [3.05, 3.63) is 11.9 Å². The topological polar surface area (TPSA) is 87.7 Å². The molecule has 1 aliphatic carbocycles. The van der Waals surface area contributed by atoms with Crippen molar-refractivity contribution in [2.75, 3.05) is 11.1 Å². The average molecular weight is 287 g/mol. The second-order valence-corrected chi connectivity index (χ2v) is 4.83. The molecule has 4 N–H and O–H groups in total. The summed E-state index contributed by atoms with van der Waals surface area (Å²) in [7, 11) is 0. The third-order valence-electron chi connectivity index (χ3n) is 3.36. The van der Waals surface area contributed by atoms with Gasteiger partial charge in [0.05, 0.1) is 5.56 Å². The lowest BCUT2D eigenvalue weighted by molar-refractivity contribution is -0.0587. The van der Waals surface area contributed by atoms with Crippen molar-refractivity contribution in [1.29, 1.82) is 5.41 Å². The van der Waals surface area contributed by atoms with Crippen molar-refractivity contribution in [3.8, 4) is 0 Å². The van der Waals surface area contributed by atoms with Crippen LogP contribution in [0.1, 0.15) is 37.7 Å². The fourth-order valence-corrected chi connectivity index (χ4v) is 2.34. The second kappa shape index (κ2) is 5.64. The van der Waals surface area contributed by atoms with E-state index in [2.05, 4.69) is 15.3 Å². The summed E-state index contributed by atoms with van der Waals surface area (Å²) in [6.07, 6.45) is 1.28. The Morgan fingerprint density at radius 3 is 2.50 bits per heavy atom. The molecule has 0 radical (unpaired) electrons. The summed E-state index contributed by atoms with van der Waals surface area (Å²) in [4.78, 5) is 7.38. The number of hydrogen-bond donors (Lipinski definition) is 3. The van der Waals surface area contributed by atoms with Gasteiger partial charge < -0.3 is 11.1 Å². The molecule has 0 spiro atoms. The molecule has 0 bridgehead atoms. The molecule has 1 heterocycles. The minimum Gasteiger partial charge on any atom is -0.383 e. The van der Waals surface area contributed by atoms with Crippen LogP contribution >= 0.6 is 0 Å². The average Bonchev–Trinajstić information content (AvgIpc) is 2.38. The number of rotatable bonds is 3. The molecular formula is C12H16F3N5. The summed E-state index contributed by atoms with van der Waals surface area (Å²) in [6, 6.07) is 0.0674. The molecule has 20 heavy (non-hydrogen) atoms. The number of nitrogens with one attached hydrogen (secondary N) is 2. The lowest BCUT2D eigenvalue weighted by Crippen LogP contribution is -2.29. The van der Waals surface area contributed by atoms with Crippen molar-refractivity contribution in [2.24, 2.45) is 0 Å². The molecule has 0 atom stereocenters. The quantitative estimate of drug-likeness (QED) is 0.746. The molecule has 1 aliphatic rings. The molecule has 1 saturated carbocycles. The third kappa shape index (κ3) is 3.17. The summed E-state index contributed by atoms with van der Waals surface area (Å²) in [5, 5.41) is 10.2. The predicted molar refractivity (Wildman–Crippen MR) is 69.8 cm³/mol. The first-order valence-electron chi connectivity index (χ1n) is 6.42. The molecule has 8 heteroatoms. The maximum atomic E-state index is 12.7. The van der Waals surface area contributed by atoms with Gasteiger partial charge in [0.15, 0.2) is 5.71 Å². The number of anilines is 2. The van der Waals surface area contributed by atoms with E-state index in [9.17, 15) is 13.2 Å². The molecule has 110 valence electrons. The Morgan fingerprint density at radius 2 is 1.90 bits per heavy atom. The summed E-state index contributed by atoms with van der Waals surface area (Å²) in [5.74, 6) is -0.340. The molecule has 1 aromatic heterocycles. The molecule has 0 aliphatic heterocycles. The summed E-state index contributed by atoms with van der Waals surface area (Å²) in [6.45, 7) is 0. The normalized spacial score (nSPS) is 16.9. The first kappa shape index (κ1) is 14.5. The maximum Gasteiger partial charge on any atom is 0.433 e. The van der Waals surface area contributed by atoms with E-state index in [1.807, 2.05) is 0 Å². The number of nitrogen functional groups attached to an aromatic ring is 1. The van der Waals surface area contributed by atoms with Gasteiger partial charge in [-0.25, -0.2) is 9.97 Å². The van der Waals surface area contributed by atoms with Crippen molar-refractivity contribution in [1.82, 2.24) is 9.97 Å². The van der Waals surface area contributed by atoms with Crippen LogP contribution < -0.4 is 11.1 Å². The van der Waals surface area contributed by atoms with Crippen LogP contribution in [0.15, 0.2) is 6.33 Å². The Kier molecular flexibility index (Phi) is 4.10. The van der Waals surface area contributed by atoms with E-state index >= 15 is 0 Å². The van der Waals surface area contributed by atoms with Crippen molar-refractivity contribution < 1.29 is 13.2 Å². The fraction of sp³-hybridized carbons (Fsp3) is 0.583. The molecular weight excluding hydrogens is 271 g/mol. The minimum atomic E-state index is -4.78. The van der Waals surface area contributed by atoms with E-state index in [-0.39, 0.29) is 17.7 Å². The van der Waals surface area contributed by atoms with Gasteiger partial charge in [0.25, 0.3) is 0 Å². The van der Waals surface area contributed by atoms with Gasteiger partial charge in [-0.15, -0.1) is 0 Å². The summed E-state index contributed by atoms with van der Waals surface area (Å²) in [5.41, 5.74) is 3.51. The first-order valence-corrected chi connectivity index (χ1v) is 6.42. The number of nitrogens with zero attached hydrogens (tertiary/aromatic N) is 2. The molecule has 0 unspecified atom stereocenters. The number of hydrogen-bond acceptors (Lipinski definition) is 5. The molecule has 1 fully saturated rings. The molecule has 0 amide bonds. The summed E-state index contributed by atoms with van der Waals surface area (Å²) >= 11 is 0. The predicted octanol–water partition coefficient (Wildman–Crippen LogP) is 2.73. The van der Waals surface area contributed by atoms with Gasteiger partial charge in [0.1, 0.15) is 18.0 Å². The Hall–Kier alpha value is -1.86. The monoisotopic (exact) mass is 287 g/mol.